The van der Waals surface area contributed by atoms with Gasteiger partial charge in [-0.05, 0) is 24.7 Å². The lowest BCUT2D eigenvalue weighted by atomic mass is 10.2. The van der Waals surface area contributed by atoms with E-state index in [9.17, 15) is 8.78 Å². The van der Waals surface area contributed by atoms with Gasteiger partial charge in [-0.2, -0.15) is 0 Å². The normalized spacial score (nSPS) is 10.5. The fourth-order valence-corrected chi connectivity index (χ4v) is 1.69. The highest BCUT2D eigenvalue weighted by atomic mass is 19.1. The van der Waals surface area contributed by atoms with Crippen LogP contribution in [0.2, 0.25) is 0 Å². The van der Waals surface area contributed by atoms with Crippen LogP contribution in [0.3, 0.4) is 0 Å². The second-order valence-corrected chi connectivity index (χ2v) is 4.02. The maximum absolute atomic E-state index is 13.7. The van der Waals surface area contributed by atoms with Gasteiger partial charge in [-0.25, -0.2) is 18.7 Å². The number of halogens is 2. The molecule has 0 unspecified atom stereocenters. The summed E-state index contributed by atoms with van der Waals surface area (Å²) in [4.78, 5) is 9.79. The smallest absolute Gasteiger partial charge is 0.147 e. The van der Waals surface area contributed by atoms with Gasteiger partial charge in [0.25, 0.3) is 0 Å². The zero-order valence-corrected chi connectivity index (χ0v) is 10.5. The minimum absolute atomic E-state index is 0.123. The largest absolute Gasteiger partial charge is 0.330 e. The first-order chi connectivity index (χ1) is 9.11. The third kappa shape index (κ3) is 3.03. The van der Waals surface area contributed by atoms with Crippen molar-refractivity contribution in [1.82, 2.24) is 9.97 Å². The minimum atomic E-state index is -0.511. The summed E-state index contributed by atoms with van der Waals surface area (Å²) in [6, 6.07) is 4.92. The van der Waals surface area contributed by atoms with Crippen LogP contribution in [0.1, 0.15) is 5.82 Å². The Morgan fingerprint density at radius 2 is 2.05 bits per heavy atom. The standard InChI is InChI=1S/C13H14F2N4/c1-19(11-8-9(14)2-3-10(11)15)13-5-7-17-12(18-13)4-6-16/h2-3,5,7-8H,4,6,16H2,1H3. The Morgan fingerprint density at radius 1 is 1.26 bits per heavy atom. The molecule has 19 heavy (non-hydrogen) atoms. The number of nitrogens with zero attached hydrogens (tertiary/aromatic N) is 3. The first-order valence-corrected chi connectivity index (χ1v) is 5.82. The number of hydrogen-bond donors (Lipinski definition) is 1. The van der Waals surface area contributed by atoms with Gasteiger partial charge in [0.1, 0.15) is 23.3 Å². The fraction of sp³-hybridized carbons (Fsp3) is 0.231. The molecule has 1 aromatic carbocycles. The number of aromatic nitrogens is 2. The molecule has 0 amide bonds. The summed E-state index contributed by atoms with van der Waals surface area (Å²) in [5.74, 6) is 0.0500. The lowest BCUT2D eigenvalue weighted by molar-refractivity contribution is 0.600. The highest BCUT2D eigenvalue weighted by molar-refractivity contribution is 5.59. The monoisotopic (exact) mass is 264 g/mol. The SMILES string of the molecule is CN(c1ccnc(CCN)n1)c1cc(F)ccc1F. The summed E-state index contributed by atoms with van der Waals surface area (Å²) in [7, 11) is 1.62. The third-order valence-electron chi connectivity index (χ3n) is 2.67. The minimum Gasteiger partial charge on any atom is -0.330 e. The predicted octanol–water partition coefficient (Wildman–Crippen LogP) is 2.02. The van der Waals surface area contributed by atoms with Gasteiger partial charge >= 0.3 is 0 Å². The van der Waals surface area contributed by atoms with E-state index in [1.165, 1.54) is 4.90 Å². The second kappa shape index (κ2) is 5.71. The molecule has 4 nitrogen and oxygen atoms in total. The zero-order chi connectivity index (χ0) is 13.8. The van der Waals surface area contributed by atoms with Crippen LogP contribution in [0, 0.1) is 11.6 Å². The Bertz CT molecular complexity index is 574. The molecule has 0 aliphatic carbocycles. The van der Waals surface area contributed by atoms with Crippen molar-refractivity contribution in [1.29, 1.82) is 0 Å². The molecule has 0 saturated heterocycles. The van der Waals surface area contributed by atoms with Crippen LogP contribution in [-0.4, -0.2) is 23.6 Å². The number of benzene rings is 1. The van der Waals surface area contributed by atoms with Crippen molar-refractivity contribution < 1.29 is 8.78 Å². The number of nitrogens with two attached hydrogens (primary N) is 1. The predicted molar refractivity (Wildman–Crippen MR) is 69.2 cm³/mol. The van der Waals surface area contributed by atoms with Crippen LogP contribution in [-0.2, 0) is 6.42 Å². The van der Waals surface area contributed by atoms with E-state index in [0.717, 1.165) is 18.2 Å². The van der Waals surface area contributed by atoms with Crippen LogP contribution in [0.25, 0.3) is 0 Å². The van der Waals surface area contributed by atoms with Crippen LogP contribution in [0.4, 0.5) is 20.3 Å². The molecule has 2 N–H and O–H groups in total. The summed E-state index contributed by atoms with van der Waals surface area (Å²) in [5.41, 5.74) is 5.56. The number of anilines is 2. The van der Waals surface area contributed by atoms with Crippen LogP contribution in [0.5, 0.6) is 0 Å². The summed E-state index contributed by atoms with van der Waals surface area (Å²) < 4.78 is 26.9. The number of rotatable bonds is 4. The van der Waals surface area contributed by atoms with E-state index in [-0.39, 0.29) is 5.69 Å². The highest BCUT2D eigenvalue weighted by Gasteiger charge is 2.12. The summed E-state index contributed by atoms with van der Waals surface area (Å²) in [5, 5.41) is 0. The van der Waals surface area contributed by atoms with Gasteiger partial charge in [-0.15, -0.1) is 0 Å². The lowest BCUT2D eigenvalue weighted by Crippen LogP contribution is -2.15. The Kier molecular flexibility index (Phi) is 4.01. The molecule has 0 atom stereocenters. The van der Waals surface area contributed by atoms with Gasteiger partial charge in [0.2, 0.25) is 0 Å². The molecule has 0 fully saturated rings. The molecule has 2 rings (SSSR count). The summed E-state index contributed by atoms with van der Waals surface area (Å²) in [6.45, 7) is 0.432. The van der Waals surface area contributed by atoms with E-state index in [4.69, 9.17) is 5.73 Å². The summed E-state index contributed by atoms with van der Waals surface area (Å²) >= 11 is 0. The number of hydrogen-bond acceptors (Lipinski definition) is 4. The molecule has 100 valence electrons. The molecular formula is C13H14F2N4. The first kappa shape index (κ1) is 13.4. The molecule has 1 heterocycles. The van der Waals surface area contributed by atoms with Crippen molar-refractivity contribution in [3.63, 3.8) is 0 Å². The van der Waals surface area contributed by atoms with E-state index in [1.54, 1.807) is 19.3 Å². The van der Waals surface area contributed by atoms with Gasteiger partial charge in [-0.1, -0.05) is 0 Å². The Hall–Kier alpha value is -2.08. The molecule has 0 saturated carbocycles. The van der Waals surface area contributed by atoms with Crippen molar-refractivity contribution in [3.05, 3.63) is 47.9 Å². The van der Waals surface area contributed by atoms with E-state index >= 15 is 0 Å². The molecule has 1 aromatic heterocycles. The maximum Gasteiger partial charge on any atom is 0.147 e. The van der Waals surface area contributed by atoms with Gasteiger partial charge in [0.15, 0.2) is 0 Å². The topological polar surface area (TPSA) is 55.0 Å². The Morgan fingerprint density at radius 3 is 2.79 bits per heavy atom. The van der Waals surface area contributed by atoms with Crippen molar-refractivity contribution >= 4 is 11.5 Å². The average Bonchev–Trinajstić information content (AvgIpc) is 2.41. The molecule has 2 aromatic rings. The van der Waals surface area contributed by atoms with Crippen molar-refractivity contribution in [3.8, 4) is 0 Å². The second-order valence-electron chi connectivity index (χ2n) is 4.02. The third-order valence-corrected chi connectivity index (χ3v) is 2.67. The zero-order valence-electron chi connectivity index (χ0n) is 10.5. The molecule has 6 heteroatoms. The molecule has 0 bridgehead atoms. The van der Waals surface area contributed by atoms with Gasteiger partial charge in [0, 0.05) is 25.7 Å². The van der Waals surface area contributed by atoms with Gasteiger partial charge < -0.3 is 10.6 Å². The van der Waals surface area contributed by atoms with E-state index < -0.39 is 11.6 Å². The molecular weight excluding hydrogens is 250 g/mol. The van der Waals surface area contributed by atoms with Crippen LogP contribution in [0.15, 0.2) is 30.5 Å². The van der Waals surface area contributed by atoms with Gasteiger partial charge in [0.05, 0.1) is 5.69 Å². The van der Waals surface area contributed by atoms with Crippen LogP contribution >= 0.6 is 0 Å². The lowest BCUT2D eigenvalue weighted by Gasteiger charge is -2.19. The average molecular weight is 264 g/mol. The van der Waals surface area contributed by atoms with Crippen molar-refractivity contribution in [2.45, 2.75) is 6.42 Å². The maximum atomic E-state index is 13.7. The van der Waals surface area contributed by atoms with Crippen LogP contribution < -0.4 is 10.6 Å². The van der Waals surface area contributed by atoms with E-state index in [0.29, 0.717) is 24.6 Å². The fourth-order valence-electron chi connectivity index (χ4n) is 1.69. The Labute approximate surface area is 109 Å². The van der Waals surface area contributed by atoms with Crippen molar-refractivity contribution in [2.75, 3.05) is 18.5 Å². The quantitative estimate of drug-likeness (QED) is 0.918. The molecule has 0 spiro atoms. The Balaban J connectivity index is 2.35. The van der Waals surface area contributed by atoms with E-state index in [1.807, 2.05) is 0 Å². The summed E-state index contributed by atoms with van der Waals surface area (Å²) in [6.07, 6.45) is 2.11. The van der Waals surface area contributed by atoms with Crippen molar-refractivity contribution in [2.24, 2.45) is 5.73 Å². The molecule has 0 aliphatic rings. The highest BCUT2D eigenvalue weighted by Crippen LogP contribution is 2.25. The molecule has 0 aliphatic heterocycles. The van der Waals surface area contributed by atoms with Gasteiger partial charge in [-0.3, -0.25) is 0 Å². The first-order valence-electron chi connectivity index (χ1n) is 5.82. The molecule has 0 radical (unpaired) electrons. The van der Waals surface area contributed by atoms with E-state index in [2.05, 4.69) is 9.97 Å².